The normalized spacial score (nSPS) is 16.4. The minimum atomic E-state index is -0.343. The predicted octanol–water partition coefficient (Wildman–Crippen LogP) is -0.0490. The first kappa shape index (κ1) is 7.34. The van der Waals surface area contributed by atoms with Gasteiger partial charge < -0.3 is 4.98 Å². The Hall–Kier alpha value is -1.32. The molecule has 0 saturated heterocycles. The molecule has 1 heterocycles. The molecule has 1 N–H and O–H groups in total. The summed E-state index contributed by atoms with van der Waals surface area (Å²) in [5.41, 5.74) is 0.253. The van der Waals surface area contributed by atoms with Gasteiger partial charge in [-0.2, -0.15) is 0 Å². The molecular formula is C8H10N2O2. The number of aromatic nitrogens is 2. The molecule has 4 heteroatoms. The van der Waals surface area contributed by atoms with Crippen LogP contribution in [0.1, 0.15) is 24.3 Å². The standard InChI is InChI=1S/C8H10N2O2/c1-10-7(11)6(5-2-3-5)4-9-8(10)12/h4-5H,2-3H2,1H3,(H,9,12). The molecule has 1 aliphatic rings. The summed E-state index contributed by atoms with van der Waals surface area (Å²) in [6.07, 6.45) is 3.69. The minimum Gasteiger partial charge on any atom is -0.314 e. The highest BCUT2D eigenvalue weighted by molar-refractivity contribution is 5.16. The minimum absolute atomic E-state index is 0.152. The van der Waals surface area contributed by atoms with E-state index in [-0.39, 0.29) is 11.2 Å². The van der Waals surface area contributed by atoms with Crippen LogP contribution in [0.25, 0.3) is 0 Å². The average molecular weight is 166 g/mol. The van der Waals surface area contributed by atoms with E-state index in [1.807, 2.05) is 0 Å². The molecule has 1 fully saturated rings. The van der Waals surface area contributed by atoms with E-state index in [2.05, 4.69) is 4.98 Å². The molecule has 12 heavy (non-hydrogen) atoms. The van der Waals surface area contributed by atoms with Gasteiger partial charge in [-0.25, -0.2) is 4.79 Å². The third kappa shape index (κ3) is 0.995. The molecule has 0 spiro atoms. The van der Waals surface area contributed by atoms with Gasteiger partial charge in [0.15, 0.2) is 0 Å². The zero-order valence-electron chi connectivity index (χ0n) is 6.83. The van der Waals surface area contributed by atoms with Crippen LogP contribution in [0, 0.1) is 0 Å². The van der Waals surface area contributed by atoms with E-state index in [9.17, 15) is 9.59 Å². The van der Waals surface area contributed by atoms with Gasteiger partial charge in [-0.1, -0.05) is 0 Å². The Bertz CT molecular complexity index is 412. The number of nitrogens with zero attached hydrogens (tertiary/aromatic N) is 1. The van der Waals surface area contributed by atoms with Crippen LogP contribution < -0.4 is 11.2 Å². The van der Waals surface area contributed by atoms with Gasteiger partial charge in [0.05, 0.1) is 0 Å². The molecule has 0 amide bonds. The average Bonchev–Trinajstić information content (AvgIpc) is 2.84. The van der Waals surface area contributed by atoms with Crippen molar-refractivity contribution in [1.82, 2.24) is 9.55 Å². The summed E-state index contributed by atoms with van der Waals surface area (Å²) >= 11 is 0. The fraction of sp³-hybridized carbons (Fsp3) is 0.500. The third-order valence-corrected chi connectivity index (χ3v) is 2.22. The molecule has 64 valence electrons. The summed E-state index contributed by atoms with van der Waals surface area (Å²) in [6, 6.07) is 0. The van der Waals surface area contributed by atoms with Crippen molar-refractivity contribution >= 4 is 0 Å². The molecule has 0 radical (unpaired) electrons. The molecule has 0 bridgehead atoms. The first-order chi connectivity index (χ1) is 5.70. The monoisotopic (exact) mass is 166 g/mol. The molecular weight excluding hydrogens is 156 g/mol. The molecule has 1 aromatic heterocycles. The van der Waals surface area contributed by atoms with Crippen molar-refractivity contribution in [2.45, 2.75) is 18.8 Å². The Balaban J connectivity index is 2.65. The Kier molecular flexibility index (Phi) is 1.43. The second kappa shape index (κ2) is 2.33. The van der Waals surface area contributed by atoms with Crippen molar-refractivity contribution in [1.29, 1.82) is 0 Å². The molecule has 0 atom stereocenters. The molecule has 2 rings (SSSR count). The van der Waals surface area contributed by atoms with E-state index in [1.54, 1.807) is 6.20 Å². The largest absolute Gasteiger partial charge is 0.328 e. The van der Waals surface area contributed by atoms with E-state index in [1.165, 1.54) is 7.05 Å². The van der Waals surface area contributed by atoms with Gasteiger partial charge in [0.1, 0.15) is 0 Å². The second-order valence-corrected chi connectivity index (χ2v) is 3.19. The zero-order valence-corrected chi connectivity index (χ0v) is 6.83. The van der Waals surface area contributed by atoms with Gasteiger partial charge in [-0.3, -0.25) is 9.36 Å². The van der Waals surface area contributed by atoms with Gasteiger partial charge in [0.25, 0.3) is 5.56 Å². The van der Waals surface area contributed by atoms with E-state index in [0.29, 0.717) is 5.92 Å². The van der Waals surface area contributed by atoms with Crippen LogP contribution in [-0.2, 0) is 7.05 Å². The number of hydrogen-bond donors (Lipinski definition) is 1. The van der Waals surface area contributed by atoms with Gasteiger partial charge in [0, 0.05) is 18.8 Å². The number of H-pyrrole nitrogens is 1. The van der Waals surface area contributed by atoms with Crippen molar-refractivity contribution in [3.05, 3.63) is 32.6 Å². The quantitative estimate of drug-likeness (QED) is 0.636. The van der Waals surface area contributed by atoms with Crippen LogP contribution >= 0.6 is 0 Å². The smallest absolute Gasteiger partial charge is 0.314 e. The van der Waals surface area contributed by atoms with Crippen molar-refractivity contribution in [2.24, 2.45) is 7.05 Å². The van der Waals surface area contributed by atoms with Crippen LogP contribution in [0.4, 0.5) is 0 Å². The number of nitrogens with one attached hydrogen (secondary N) is 1. The molecule has 4 nitrogen and oxygen atoms in total. The first-order valence-corrected chi connectivity index (χ1v) is 3.99. The van der Waals surface area contributed by atoms with Crippen LogP contribution in [0.15, 0.2) is 15.8 Å². The lowest BCUT2D eigenvalue weighted by Crippen LogP contribution is -2.34. The summed E-state index contributed by atoms with van der Waals surface area (Å²) < 4.78 is 1.12. The second-order valence-electron chi connectivity index (χ2n) is 3.19. The maximum atomic E-state index is 11.4. The van der Waals surface area contributed by atoms with Crippen molar-refractivity contribution in [3.8, 4) is 0 Å². The van der Waals surface area contributed by atoms with Crippen molar-refractivity contribution in [3.63, 3.8) is 0 Å². The molecule has 0 aromatic carbocycles. The molecule has 1 aromatic rings. The molecule has 1 aliphatic carbocycles. The Labute approximate surface area is 68.9 Å². The Morgan fingerprint density at radius 3 is 2.75 bits per heavy atom. The lowest BCUT2D eigenvalue weighted by molar-refractivity contribution is 0.753. The summed E-state index contributed by atoms with van der Waals surface area (Å²) in [5.74, 6) is 0.389. The number of hydrogen-bond acceptors (Lipinski definition) is 2. The van der Waals surface area contributed by atoms with Gasteiger partial charge >= 0.3 is 5.69 Å². The van der Waals surface area contributed by atoms with Crippen LogP contribution in [0.2, 0.25) is 0 Å². The Morgan fingerprint density at radius 2 is 2.17 bits per heavy atom. The summed E-state index contributed by atoms with van der Waals surface area (Å²) in [7, 11) is 1.49. The Morgan fingerprint density at radius 1 is 1.50 bits per heavy atom. The van der Waals surface area contributed by atoms with E-state index in [0.717, 1.165) is 23.0 Å². The van der Waals surface area contributed by atoms with Crippen LogP contribution in [-0.4, -0.2) is 9.55 Å². The van der Waals surface area contributed by atoms with Crippen LogP contribution in [0.5, 0.6) is 0 Å². The molecule has 0 aliphatic heterocycles. The van der Waals surface area contributed by atoms with Gasteiger partial charge in [-0.05, 0) is 18.8 Å². The fourth-order valence-electron chi connectivity index (χ4n) is 1.27. The van der Waals surface area contributed by atoms with E-state index < -0.39 is 0 Å². The van der Waals surface area contributed by atoms with Gasteiger partial charge in [0.2, 0.25) is 0 Å². The maximum absolute atomic E-state index is 11.4. The topological polar surface area (TPSA) is 54.9 Å². The zero-order chi connectivity index (χ0) is 8.72. The number of aromatic amines is 1. The lowest BCUT2D eigenvalue weighted by Gasteiger charge is -1.98. The SMILES string of the molecule is Cn1c(=O)[nH]cc(C2CC2)c1=O. The van der Waals surface area contributed by atoms with Gasteiger partial charge in [-0.15, -0.1) is 0 Å². The highest BCUT2D eigenvalue weighted by Gasteiger charge is 2.26. The fourth-order valence-corrected chi connectivity index (χ4v) is 1.27. The van der Waals surface area contributed by atoms with E-state index in [4.69, 9.17) is 0 Å². The summed E-state index contributed by atoms with van der Waals surface area (Å²) in [4.78, 5) is 24.9. The summed E-state index contributed by atoms with van der Waals surface area (Å²) in [6.45, 7) is 0. The predicted molar refractivity (Wildman–Crippen MR) is 44.3 cm³/mol. The highest BCUT2D eigenvalue weighted by atomic mass is 16.2. The molecule has 1 saturated carbocycles. The van der Waals surface area contributed by atoms with E-state index >= 15 is 0 Å². The first-order valence-electron chi connectivity index (χ1n) is 3.99. The lowest BCUT2D eigenvalue weighted by atomic mass is 10.2. The number of rotatable bonds is 1. The van der Waals surface area contributed by atoms with Crippen LogP contribution in [0.3, 0.4) is 0 Å². The molecule has 0 unspecified atom stereocenters. The van der Waals surface area contributed by atoms with Crippen molar-refractivity contribution in [2.75, 3.05) is 0 Å². The van der Waals surface area contributed by atoms with Crippen molar-refractivity contribution < 1.29 is 0 Å². The summed E-state index contributed by atoms with van der Waals surface area (Å²) in [5, 5.41) is 0. The maximum Gasteiger partial charge on any atom is 0.328 e. The highest BCUT2D eigenvalue weighted by Crippen LogP contribution is 2.37. The third-order valence-electron chi connectivity index (χ3n) is 2.22.